The van der Waals surface area contributed by atoms with Crippen molar-refractivity contribution in [3.63, 3.8) is 0 Å². The van der Waals surface area contributed by atoms with Gasteiger partial charge in [-0.15, -0.1) is 0 Å². The first kappa shape index (κ1) is 12.2. The summed E-state index contributed by atoms with van der Waals surface area (Å²) in [5, 5.41) is 3.39. The number of nitrogens with one attached hydrogen (secondary N) is 2. The van der Waals surface area contributed by atoms with Crippen LogP contribution >= 0.6 is 0 Å². The van der Waals surface area contributed by atoms with Crippen molar-refractivity contribution in [2.24, 2.45) is 5.92 Å². The summed E-state index contributed by atoms with van der Waals surface area (Å²) in [6.07, 6.45) is 7.08. The molecule has 0 unspecified atom stereocenters. The van der Waals surface area contributed by atoms with E-state index < -0.39 is 0 Å². The Bertz CT molecular complexity index is 576. The van der Waals surface area contributed by atoms with Crippen LogP contribution in [-0.2, 0) is 6.42 Å². The van der Waals surface area contributed by atoms with Gasteiger partial charge in [0.15, 0.2) is 0 Å². The highest BCUT2D eigenvalue weighted by molar-refractivity contribution is 5.34. The third-order valence-corrected chi connectivity index (χ3v) is 3.85. The molecule has 2 N–H and O–H groups in total. The molecule has 2 heterocycles. The number of H-pyrrole nitrogens is 1. The van der Waals surface area contributed by atoms with Gasteiger partial charge in [-0.3, -0.25) is 4.57 Å². The molecule has 1 aromatic carbocycles. The molecule has 0 atom stereocenters. The van der Waals surface area contributed by atoms with E-state index in [1.54, 1.807) is 17.0 Å². The number of nitrogens with zero attached hydrogens (tertiary/aromatic N) is 1. The van der Waals surface area contributed by atoms with Gasteiger partial charge in [0, 0.05) is 12.4 Å². The van der Waals surface area contributed by atoms with Gasteiger partial charge in [0.1, 0.15) is 0 Å². The molecule has 4 nitrogen and oxygen atoms in total. The fourth-order valence-electron chi connectivity index (χ4n) is 2.74. The second-order valence-electron chi connectivity index (χ2n) is 5.20. The van der Waals surface area contributed by atoms with E-state index in [1.165, 1.54) is 18.4 Å². The van der Waals surface area contributed by atoms with Gasteiger partial charge in [-0.25, -0.2) is 4.79 Å². The summed E-state index contributed by atoms with van der Waals surface area (Å²) in [7, 11) is 0. The van der Waals surface area contributed by atoms with Gasteiger partial charge in [-0.05, 0) is 56.0 Å². The fourth-order valence-corrected chi connectivity index (χ4v) is 2.74. The molecule has 2 aromatic rings. The van der Waals surface area contributed by atoms with Gasteiger partial charge in [0.05, 0.1) is 5.69 Å². The second kappa shape index (κ2) is 5.45. The van der Waals surface area contributed by atoms with Crippen molar-refractivity contribution in [1.82, 2.24) is 14.9 Å². The monoisotopic (exact) mass is 257 g/mol. The number of aromatic nitrogens is 2. The number of piperidine rings is 1. The number of hydrogen-bond acceptors (Lipinski definition) is 2. The van der Waals surface area contributed by atoms with Crippen molar-refractivity contribution in [1.29, 1.82) is 0 Å². The lowest BCUT2D eigenvalue weighted by Crippen LogP contribution is -2.28. The molecule has 0 saturated carbocycles. The molecule has 1 aliphatic rings. The molecule has 0 aliphatic carbocycles. The zero-order valence-electron chi connectivity index (χ0n) is 10.9. The molecule has 3 rings (SSSR count). The van der Waals surface area contributed by atoms with E-state index in [4.69, 9.17) is 0 Å². The largest absolute Gasteiger partial charge is 0.330 e. The summed E-state index contributed by atoms with van der Waals surface area (Å²) >= 11 is 0. The Morgan fingerprint density at radius 1 is 1.16 bits per heavy atom. The highest BCUT2D eigenvalue weighted by Crippen LogP contribution is 2.18. The Kier molecular flexibility index (Phi) is 3.51. The minimum Gasteiger partial charge on any atom is -0.317 e. The number of hydrogen-bond donors (Lipinski definition) is 2. The lowest BCUT2D eigenvalue weighted by molar-refractivity contribution is 0.372. The lowest BCUT2D eigenvalue weighted by atomic mass is 9.91. The van der Waals surface area contributed by atoms with Gasteiger partial charge < -0.3 is 10.3 Å². The predicted octanol–water partition coefficient (Wildman–Crippen LogP) is 1.71. The molecular weight excluding hydrogens is 238 g/mol. The van der Waals surface area contributed by atoms with Crippen LogP contribution in [0.5, 0.6) is 0 Å². The van der Waals surface area contributed by atoms with Gasteiger partial charge in [-0.1, -0.05) is 12.1 Å². The Morgan fingerprint density at radius 3 is 2.53 bits per heavy atom. The first-order valence-corrected chi connectivity index (χ1v) is 6.89. The summed E-state index contributed by atoms with van der Waals surface area (Å²) in [5.41, 5.74) is 2.19. The molecule has 19 heavy (non-hydrogen) atoms. The maximum Gasteiger partial charge on any atom is 0.330 e. The fraction of sp³-hybridized carbons (Fsp3) is 0.400. The van der Waals surface area contributed by atoms with Crippen molar-refractivity contribution in [2.75, 3.05) is 13.1 Å². The molecule has 1 fully saturated rings. The maximum atomic E-state index is 11.5. The van der Waals surface area contributed by atoms with Crippen LogP contribution in [0.25, 0.3) is 5.69 Å². The summed E-state index contributed by atoms with van der Waals surface area (Å²) in [4.78, 5) is 14.2. The van der Waals surface area contributed by atoms with Gasteiger partial charge in [-0.2, -0.15) is 0 Å². The molecule has 100 valence electrons. The summed E-state index contributed by atoms with van der Waals surface area (Å²) < 4.78 is 1.62. The van der Waals surface area contributed by atoms with Gasteiger partial charge in [0.25, 0.3) is 0 Å². The molecule has 0 radical (unpaired) electrons. The van der Waals surface area contributed by atoms with Gasteiger partial charge >= 0.3 is 5.69 Å². The van der Waals surface area contributed by atoms with Crippen molar-refractivity contribution < 1.29 is 0 Å². The van der Waals surface area contributed by atoms with E-state index >= 15 is 0 Å². The predicted molar refractivity (Wildman–Crippen MR) is 75.7 cm³/mol. The van der Waals surface area contributed by atoms with E-state index in [-0.39, 0.29) is 5.69 Å². The SMILES string of the molecule is O=c1[nH]ccn1-c1ccc(CC2CCNCC2)cc1. The Labute approximate surface area is 112 Å². The van der Waals surface area contributed by atoms with Crippen LogP contribution < -0.4 is 11.0 Å². The highest BCUT2D eigenvalue weighted by Gasteiger charge is 2.13. The van der Waals surface area contributed by atoms with Crippen LogP contribution in [0.2, 0.25) is 0 Å². The second-order valence-corrected chi connectivity index (χ2v) is 5.20. The highest BCUT2D eigenvalue weighted by atomic mass is 16.1. The van der Waals surface area contributed by atoms with Gasteiger partial charge in [0.2, 0.25) is 0 Å². The van der Waals surface area contributed by atoms with E-state index in [0.29, 0.717) is 0 Å². The smallest absolute Gasteiger partial charge is 0.317 e. The van der Waals surface area contributed by atoms with Crippen LogP contribution in [0.1, 0.15) is 18.4 Å². The average molecular weight is 257 g/mol. The Balaban J connectivity index is 1.72. The van der Waals surface area contributed by atoms with Crippen molar-refractivity contribution >= 4 is 0 Å². The van der Waals surface area contributed by atoms with E-state index in [0.717, 1.165) is 31.1 Å². The van der Waals surface area contributed by atoms with Crippen LogP contribution in [0.3, 0.4) is 0 Å². The lowest BCUT2D eigenvalue weighted by Gasteiger charge is -2.22. The first-order valence-electron chi connectivity index (χ1n) is 6.89. The standard InChI is InChI=1S/C15H19N3O/c19-15-17-9-10-18(15)14-3-1-12(2-4-14)11-13-5-7-16-8-6-13/h1-4,9-10,13,16H,5-8,11H2,(H,17,19). The summed E-state index contributed by atoms with van der Waals surface area (Å²) in [6.45, 7) is 2.28. The molecule has 0 bridgehead atoms. The molecule has 1 aromatic heterocycles. The van der Waals surface area contributed by atoms with Crippen molar-refractivity contribution in [3.05, 3.63) is 52.7 Å². The summed E-state index contributed by atoms with van der Waals surface area (Å²) in [5.74, 6) is 0.794. The van der Waals surface area contributed by atoms with E-state index in [2.05, 4.69) is 22.4 Å². The molecule has 0 amide bonds. The number of benzene rings is 1. The van der Waals surface area contributed by atoms with Crippen LogP contribution in [-0.4, -0.2) is 22.6 Å². The topological polar surface area (TPSA) is 49.8 Å². The van der Waals surface area contributed by atoms with Crippen LogP contribution in [0.4, 0.5) is 0 Å². The maximum absolute atomic E-state index is 11.5. The van der Waals surface area contributed by atoms with E-state index in [1.807, 2.05) is 12.1 Å². The Hall–Kier alpha value is -1.81. The quantitative estimate of drug-likeness (QED) is 0.879. The number of imidazole rings is 1. The molecule has 4 heteroatoms. The number of rotatable bonds is 3. The molecule has 1 saturated heterocycles. The minimum atomic E-state index is -0.0916. The normalized spacial score (nSPS) is 16.6. The van der Waals surface area contributed by atoms with Crippen molar-refractivity contribution in [3.8, 4) is 5.69 Å². The van der Waals surface area contributed by atoms with Crippen LogP contribution in [0, 0.1) is 5.92 Å². The zero-order chi connectivity index (χ0) is 13.1. The van der Waals surface area contributed by atoms with Crippen LogP contribution in [0.15, 0.2) is 41.5 Å². The minimum absolute atomic E-state index is 0.0916. The first-order chi connectivity index (χ1) is 9.33. The van der Waals surface area contributed by atoms with Crippen molar-refractivity contribution in [2.45, 2.75) is 19.3 Å². The average Bonchev–Trinajstić information content (AvgIpc) is 2.87. The Morgan fingerprint density at radius 2 is 1.89 bits per heavy atom. The number of aromatic amines is 1. The molecular formula is C15H19N3O. The molecule has 1 aliphatic heterocycles. The van der Waals surface area contributed by atoms with E-state index in [9.17, 15) is 4.79 Å². The molecule has 0 spiro atoms. The third kappa shape index (κ3) is 2.79. The summed E-state index contributed by atoms with van der Waals surface area (Å²) in [6, 6.07) is 8.31. The third-order valence-electron chi connectivity index (χ3n) is 3.85. The zero-order valence-corrected chi connectivity index (χ0v) is 10.9.